The van der Waals surface area contributed by atoms with Gasteiger partial charge in [-0.25, -0.2) is 0 Å². The van der Waals surface area contributed by atoms with Crippen molar-refractivity contribution in [3.05, 3.63) is 0 Å². The van der Waals surface area contributed by atoms with Gasteiger partial charge in [-0.15, -0.1) is 0 Å². The van der Waals surface area contributed by atoms with Gasteiger partial charge in [-0.1, -0.05) is 13.3 Å². The average Bonchev–Trinajstić information content (AvgIpc) is 2.39. The Morgan fingerprint density at radius 2 is 2.11 bits per heavy atom. The lowest BCUT2D eigenvalue weighted by molar-refractivity contribution is -0.185. The maximum Gasteiger partial charge on any atom is 0.146 e. The van der Waals surface area contributed by atoms with Gasteiger partial charge in [0.05, 0.1) is 12.2 Å². The molecule has 0 aromatic carbocycles. The van der Waals surface area contributed by atoms with E-state index in [2.05, 4.69) is 6.92 Å². The Morgan fingerprint density at radius 3 is 2.79 bits per heavy atom. The molecule has 2 fully saturated rings. The summed E-state index contributed by atoms with van der Waals surface area (Å²) in [4.78, 5) is 0. The van der Waals surface area contributed by atoms with Crippen molar-refractivity contribution in [2.75, 3.05) is 20.5 Å². The molecule has 0 aliphatic heterocycles. The van der Waals surface area contributed by atoms with E-state index < -0.39 is 0 Å². The van der Waals surface area contributed by atoms with Crippen LogP contribution in [0, 0.1) is 17.3 Å². The van der Waals surface area contributed by atoms with Crippen molar-refractivity contribution in [3.63, 3.8) is 0 Å². The predicted octanol–water partition coefficient (Wildman–Crippen LogP) is 1.94. The van der Waals surface area contributed by atoms with Gasteiger partial charge in [0.15, 0.2) is 0 Å². The van der Waals surface area contributed by atoms with Crippen LogP contribution < -0.4 is 0 Å². The molecule has 0 amide bonds. The third-order valence-electron chi connectivity index (χ3n) is 5.32. The zero-order valence-corrected chi connectivity index (χ0v) is 12.2. The van der Waals surface area contributed by atoms with Crippen LogP contribution in [0.5, 0.6) is 0 Å². The van der Waals surface area contributed by atoms with E-state index in [9.17, 15) is 10.2 Å². The van der Waals surface area contributed by atoms with Crippen molar-refractivity contribution >= 4 is 0 Å². The third kappa shape index (κ3) is 2.97. The standard InChI is InChI=1S/C15H28O4/c1-11-9-15(6-7-16)12(8-13(11)17)4-3-5-14(15)19-10-18-2/h11-14,16-17H,3-10H2,1-2H3/t11-,12+,13-,14+,15+/m1/s1. The highest BCUT2D eigenvalue weighted by Crippen LogP contribution is 2.55. The highest BCUT2D eigenvalue weighted by Gasteiger charge is 2.52. The van der Waals surface area contributed by atoms with Crippen LogP contribution in [0.15, 0.2) is 0 Å². The summed E-state index contributed by atoms with van der Waals surface area (Å²) >= 11 is 0. The molecule has 0 aromatic rings. The molecule has 2 N–H and O–H groups in total. The van der Waals surface area contributed by atoms with Crippen LogP contribution in [0.1, 0.15) is 45.4 Å². The molecule has 0 saturated heterocycles. The molecule has 0 aromatic heterocycles. The highest BCUT2D eigenvalue weighted by molar-refractivity contribution is 5.01. The van der Waals surface area contributed by atoms with Gasteiger partial charge in [0.25, 0.3) is 0 Å². The monoisotopic (exact) mass is 272 g/mol. The molecular formula is C15H28O4. The minimum absolute atomic E-state index is 0.0319. The fourth-order valence-electron chi connectivity index (χ4n) is 4.37. The normalized spacial score (nSPS) is 42.9. The van der Waals surface area contributed by atoms with Gasteiger partial charge in [0.2, 0.25) is 0 Å². The molecule has 0 heterocycles. The molecule has 5 atom stereocenters. The molecule has 4 heteroatoms. The van der Waals surface area contributed by atoms with Crippen molar-refractivity contribution in [1.82, 2.24) is 0 Å². The number of rotatable bonds is 5. The van der Waals surface area contributed by atoms with E-state index in [0.717, 1.165) is 38.5 Å². The first-order valence-electron chi connectivity index (χ1n) is 7.53. The number of hydrogen-bond acceptors (Lipinski definition) is 4. The second-order valence-corrected chi connectivity index (χ2v) is 6.38. The molecule has 2 aliphatic carbocycles. The van der Waals surface area contributed by atoms with E-state index >= 15 is 0 Å². The first-order chi connectivity index (χ1) is 9.14. The summed E-state index contributed by atoms with van der Waals surface area (Å²) < 4.78 is 11.0. The Labute approximate surface area is 116 Å². The molecule has 0 spiro atoms. The molecule has 112 valence electrons. The van der Waals surface area contributed by atoms with E-state index in [0.29, 0.717) is 12.7 Å². The van der Waals surface area contributed by atoms with Gasteiger partial charge in [-0.3, -0.25) is 0 Å². The lowest BCUT2D eigenvalue weighted by atomic mass is 9.54. The van der Waals surface area contributed by atoms with E-state index in [-0.39, 0.29) is 30.1 Å². The van der Waals surface area contributed by atoms with Crippen molar-refractivity contribution in [1.29, 1.82) is 0 Å². The van der Waals surface area contributed by atoms with Crippen molar-refractivity contribution < 1.29 is 19.7 Å². The van der Waals surface area contributed by atoms with Crippen LogP contribution in [0.4, 0.5) is 0 Å². The summed E-state index contributed by atoms with van der Waals surface area (Å²) in [5.41, 5.74) is 0.0319. The lowest BCUT2D eigenvalue weighted by Gasteiger charge is -2.54. The van der Waals surface area contributed by atoms with Gasteiger partial charge in [-0.2, -0.15) is 0 Å². The number of hydrogen-bond donors (Lipinski definition) is 2. The number of fused-ring (bicyclic) bond motifs is 1. The summed E-state index contributed by atoms with van der Waals surface area (Å²) in [6, 6.07) is 0. The summed E-state index contributed by atoms with van der Waals surface area (Å²) in [7, 11) is 1.65. The first-order valence-corrected chi connectivity index (χ1v) is 7.53. The molecule has 2 aliphatic rings. The number of aliphatic hydroxyl groups is 2. The summed E-state index contributed by atoms with van der Waals surface area (Å²) in [5, 5.41) is 19.6. The SMILES string of the molecule is COCO[C@H]1CCC[C@H]2C[C@@H](O)[C@H](C)C[C@@]21CCO. The highest BCUT2D eigenvalue weighted by atomic mass is 16.7. The predicted molar refractivity (Wildman–Crippen MR) is 72.6 cm³/mol. The molecule has 2 rings (SSSR count). The second kappa shape index (κ2) is 6.53. The van der Waals surface area contributed by atoms with Crippen LogP contribution >= 0.6 is 0 Å². The molecular weight excluding hydrogens is 244 g/mol. The zero-order valence-electron chi connectivity index (χ0n) is 12.2. The fraction of sp³-hybridized carbons (Fsp3) is 1.00. The second-order valence-electron chi connectivity index (χ2n) is 6.38. The molecule has 0 radical (unpaired) electrons. The van der Waals surface area contributed by atoms with Crippen LogP contribution in [0.2, 0.25) is 0 Å². The quantitative estimate of drug-likeness (QED) is 0.751. The van der Waals surface area contributed by atoms with Crippen molar-refractivity contribution in [2.45, 2.75) is 57.7 Å². The maximum absolute atomic E-state index is 10.1. The van der Waals surface area contributed by atoms with Gasteiger partial charge in [0.1, 0.15) is 6.79 Å². The van der Waals surface area contributed by atoms with E-state index in [4.69, 9.17) is 9.47 Å². The largest absolute Gasteiger partial charge is 0.396 e. The van der Waals surface area contributed by atoms with Crippen LogP contribution in [0.3, 0.4) is 0 Å². The molecule has 19 heavy (non-hydrogen) atoms. The van der Waals surface area contributed by atoms with E-state index in [1.165, 1.54) is 0 Å². The van der Waals surface area contributed by atoms with E-state index in [1.54, 1.807) is 7.11 Å². The Balaban J connectivity index is 2.18. The Kier molecular flexibility index (Phi) is 5.23. The number of aliphatic hydroxyl groups excluding tert-OH is 2. The van der Waals surface area contributed by atoms with Crippen LogP contribution in [-0.4, -0.2) is 42.9 Å². The number of methoxy groups -OCH3 is 1. The Bertz CT molecular complexity index is 283. The molecule has 4 nitrogen and oxygen atoms in total. The van der Waals surface area contributed by atoms with Gasteiger partial charge in [-0.05, 0) is 43.9 Å². The van der Waals surface area contributed by atoms with Crippen molar-refractivity contribution in [2.24, 2.45) is 17.3 Å². The topological polar surface area (TPSA) is 58.9 Å². The smallest absolute Gasteiger partial charge is 0.146 e. The molecule has 0 bridgehead atoms. The molecule has 0 unspecified atom stereocenters. The third-order valence-corrected chi connectivity index (χ3v) is 5.32. The van der Waals surface area contributed by atoms with Crippen LogP contribution in [0.25, 0.3) is 0 Å². The fourth-order valence-corrected chi connectivity index (χ4v) is 4.37. The van der Waals surface area contributed by atoms with Crippen molar-refractivity contribution in [3.8, 4) is 0 Å². The number of ether oxygens (including phenoxy) is 2. The first kappa shape index (κ1) is 15.2. The minimum Gasteiger partial charge on any atom is -0.396 e. The zero-order chi connectivity index (χ0) is 13.9. The van der Waals surface area contributed by atoms with Gasteiger partial charge >= 0.3 is 0 Å². The molecule has 2 saturated carbocycles. The summed E-state index contributed by atoms with van der Waals surface area (Å²) in [6.07, 6.45) is 5.89. The van der Waals surface area contributed by atoms with E-state index in [1.807, 2.05) is 0 Å². The Morgan fingerprint density at radius 1 is 1.32 bits per heavy atom. The minimum atomic E-state index is -0.196. The van der Waals surface area contributed by atoms with Gasteiger partial charge in [0, 0.05) is 19.1 Å². The average molecular weight is 272 g/mol. The lowest BCUT2D eigenvalue weighted by Crippen LogP contribution is -2.53. The van der Waals surface area contributed by atoms with Gasteiger partial charge < -0.3 is 19.7 Å². The summed E-state index contributed by atoms with van der Waals surface area (Å²) in [6.45, 7) is 2.63. The van der Waals surface area contributed by atoms with Crippen LogP contribution in [-0.2, 0) is 9.47 Å². The summed E-state index contributed by atoms with van der Waals surface area (Å²) in [5.74, 6) is 0.760. The Hall–Kier alpha value is -0.160. The maximum atomic E-state index is 10.1.